The summed E-state index contributed by atoms with van der Waals surface area (Å²) in [6.07, 6.45) is 0. The number of benzene rings is 3. The molecule has 0 aliphatic carbocycles. The molecule has 0 amide bonds. The molecule has 4 nitrogen and oxygen atoms in total. The minimum atomic E-state index is -1.26. The Kier molecular flexibility index (Phi) is 4.86. The average molecular weight is 379 g/mol. The van der Waals surface area contributed by atoms with Gasteiger partial charge in [0.2, 0.25) is 5.44 Å². The highest BCUT2D eigenvalue weighted by molar-refractivity contribution is 7.86. The number of rotatable bonds is 5. The fourth-order valence-corrected chi connectivity index (χ4v) is 4.59. The molecule has 4 rings (SSSR count). The molecule has 1 aliphatic rings. The standard InChI is InChI=1S/C22H21NO3S/c1-15-7-9-16(10-8-15)21(23-17-11-13-18(25-2)14-12-17)22-26-19-5-3-4-6-20(19)27(22)24/h3-14,21-23H,1-2H3/t21-,22-,27?/m0/s1. The summed E-state index contributed by atoms with van der Waals surface area (Å²) in [4.78, 5) is 0.746. The number of hydrogen-bond donors (Lipinski definition) is 1. The van der Waals surface area contributed by atoms with Gasteiger partial charge < -0.3 is 14.8 Å². The number of methoxy groups -OCH3 is 1. The number of ether oxygens (including phenoxy) is 2. The first-order chi connectivity index (χ1) is 13.2. The molecule has 1 heterocycles. The molecule has 3 aromatic carbocycles. The number of para-hydroxylation sites is 1. The lowest BCUT2D eigenvalue weighted by Crippen LogP contribution is -2.31. The SMILES string of the molecule is COc1ccc(N[C@@H](c2ccc(C)cc2)[C@H]2Oc3ccccc3S2=O)cc1. The van der Waals surface area contributed by atoms with Crippen LogP contribution in [0.2, 0.25) is 0 Å². The van der Waals surface area contributed by atoms with Gasteiger partial charge in [0, 0.05) is 5.69 Å². The summed E-state index contributed by atoms with van der Waals surface area (Å²) in [5.74, 6) is 1.48. The Hall–Kier alpha value is -2.79. The summed E-state index contributed by atoms with van der Waals surface area (Å²) in [5, 5.41) is 3.50. The Bertz CT molecular complexity index is 954. The van der Waals surface area contributed by atoms with E-state index in [0.29, 0.717) is 5.75 Å². The monoisotopic (exact) mass is 379 g/mol. The number of aryl methyl sites for hydroxylation is 1. The van der Waals surface area contributed by atoms with Crippen LogP contribution in [0.5, 0.6) is 11.5 Å². The summed E-state index contributed by atoms with van der Waals surface area (Å²) < 4.78 is 24.4. The van der Waals surface area contributed by atoms with Gasteiger partial charge in [-0.3, -0.25) is 4.21 Å². The van der Waals surface area contributed by atoms with Crippen LogP contribution in [-0.2, 0) is 10.8 Å². The second-order valence-electron chi connectivity index (χ2n) is 6.49. The normalized spacial score (nSPS) is 19.0. The molecule has 0 spiro atoms. The van der Waals surface area contributed by atoms with Crippen molar-refractivity contribution in [2.45, 2.75) is 23.3 Å². The minimum Gasteiger partial charge on any atom is -0.497 e. The summed E-state index contributed by atoms with van der Waals surface area (Å²) >= 11 is 0. The number of fused-ring (bicyclic) bond motifs is 1. The molecule has 138 valence electrons. The van der Waals surface area contributed by atoms with E-state index in [4.69, 9.17) is 9.47 Å². The summed E-state index contributed by atoms with van der Waals surface area (Å²) in [7, 11) is 0.383. The van der Waals surface area contributed by atoms with E-state index in [-0.39, 0.29) is 6.04 Å². The third kappa shape index (κ3) is 3.55. The molecule has 1 N–H and O–H groups in total. The van der Waals surface area contributed by atoms with Crippen molar-refractivity contribution in [1.82, 2.24) is 0 Å². The highest BCUT2D eigenvalue weighted by atomic mass is 32.2. The number of hydrogen-bond acceptors (Lipinski definition) is 4. The Morgan fingerprint density at radius 1 is 1.00 bits per heavy atom. The molecule has 3 atom stereocenters. The van der Waals surface area contributed by atoms with Crippen LogP contribution >= 0.6 is 0 Å². The second-order valence-corrected chi connectivity index (χ2v) is 7.99. The van der Waals surface area contributed by atoms with Gasteiger partial charge in [0.15, 0.2) is 0 Å². The lowest BCUT2D eigenvalue weighted by atomic mass is 10.0. The van der Waals surface area contributed by atoms with Crippen molar-refractivity contribution >= 4 is 16.5 Å². The lowest BCUT2D eigenvalue weighted by molar-refractivity contribution is 0.267. The van der Waals surface area contributed by atoms with E-state index in [2.05, 4.69) is 36.5 Å². The molecular formula is C22H21NO3S. The predicted octanol–water partition coefficient (Wildman–Crippen LogP) is 4.68. The van der Waals surface area contributed by atoms with E-state index in [1.54, 1.807) is 7.11 Å². The maximum atomic E-state index is 13.1. The van der Waals surface area contributed by atoms with Crippen LogP contribution in [0.15, 0.2) is 77.7 Å². The molecule has 27 heavy (non-hydrogen) atoms. The quantitative estimate of drug-likeness (QED) is 0.699. The molecule has 0 aromatic heterocycles. The van der Waals surface area contributed by atoms with E-state index in [9.17, 15) is 4.21 Å². The first-order valence-corrected chi connectivity index (χ1v) is 10.0. The van der Waals surface area contributed by atoms with Crippen molar-refractivity contribution in [2.24, 2.45) is 0 Å². The Morgan fingerprint density at radius 2 is 1.70 bits per heavy atom. The van der Waals surface area contributed by atoms with Crippen molar-refractivity contribution < 1.29 is 13.7 Å². The zero-order valence-electron chi connectivity index (χ0n) is 15.2. The highest BCUT2D eigenvalue weighted by Gasteiger charge is 2.38. The third-order valence-electron chi connectivity index (χ3n) is 4.64. The van der Waals surface area contributed by atoms with Gasteiger partial charge in [-0.15, -0.1) is 0 Å². The van der Waals surface area contributed by atoms with Crippen LogP contribution in [0.3, 0.4) is 0 Å². The van der Waals surface area contributed by atoms with E-state index in [1.807, 2.05) is 48.5 Å². The summed E-state index contributed by atoms with van der Waals surface area (Å²) in [5.41, 5.74) is 2.62. The van der Waals surface area contributed by atoms with Gasteiger partial charge in [0.1, 0.15) is 28.3 Å². The fourth-order valence-electron chi connectivity index (χ4n) is 3.15. The molecule has 0 bridgehead atoms. The van der Waals surface area contributed by atoms with Crippen molar-refractivity contribution in [3.05, 3.63) is 83.9 Å². The first-order valence-electron chi connectivity index (χ1n) is 8.79. The zero-order chi connectivity index (χ0) is 18.8. The van der Waals surface area contributed by atoms with Gasteiger partial charge >= 0.3 is 0 Å². The van der Waals surface area contributed by atoms with Gasteiger partial charge in [-0.2, -0.15) is 0 Å². The highest BCUT2D eigenvalue weighted by Crippen LogP contribution is 2.39. The van der Waals surface area contributed by atoms with Crippen molar-refractivity contribution in [3.8, 4) is 11.5 Å². The van der Waals surface area contributed by atoms with Gasteiger partial charge in [-0.1, -0.05) is 42.0 Å². The molecule has 0 radical (unpaired) electrons. The molecular weight excluding hydrogens is 358 g/mol. The lowest BCUT2D eigenvalue weighted by Gasteiger charge is -2.25. The molecule has 3 aromatic rings. The maximum Gasteiger partial charge on any atom is 0.201 e. The number of nitrogens with one attached hydrogen (secondary N) is 1. The van der Waals surface area contributed by atoms with Crippen LogP contribution in [0.25, 0.3) is 0 Å². The predicted molar refractivity (Wildman–Crippen MR) is 108 cm³/mol. The summed E-state index contributed by atoms with van der Waals surface area (Å²) in [6.45, 7) is 2.05. The van der Waals surface area contributed by atoms with Gasteiger partial charge in [0.05, 0.1) is 12.0 Å². The van der Waals surface area contributed by atoms with Crippen LogP contribution in [0, 0.1) is 6.92 Å². The van der Waals surface area contributed by atoms with Crippen LogP contribution in [0.1, 0.15) is 17.2 Å². The average Bonchev–Trinajstić information content (AvgIpc) is 3.04. The third-order valence-corrected chi connectivity index (χ3v) is 6.20. The van der Waals surface area contributed by atoms with Crippen molar-refractivity contribution in [2.75, 3.05) is 12.4 Å². The minimum absolute atomic E-state index is 0.257. The Labute approximate surface area is 161 Å². The van der Waals surface area contributed by atoms with E-state index in [1.165, 1.54) is 5.56 Å². The smallest absolute Gasteiger partial charge is 0.201 e. The number of anilines is 1. The largest absolute Gasteiger partial charge is 0.497 e. The van der Waals surface area contributed by atoms with Gasteiger partial charge in [-0.25, -0.2) is 0 Å². The van der Waals surface area contributed by atoms with Crippen LogP contribution in [0.4, 0.5) is 5.69 Å². The molecule has 5 heteroatoms. The molecule has 0 fully saturated rings. The van der Waals surface area contributed by atoms with Crippen molar-refractivity contribution in [3.63, 3.8) is 0 Å². The maximum absolute atomic E-state index is 13.1. The second kappa shape index (κ2) is 7.45. The molecule has 0 saturated heterocycles. The first kappa shape index (κ1) is 17.6. The van der Waals surface area contributed by atoms with Crippen LogP contribution in [-0.4, -0.2) is 16.8 Å². The summed E-state index contributed by atoms with van der Waals surface area (Å²) in [6, 6.07) is 23.2. The molecule has 1 aliphatic heterocycles. The molecule has 0 saturated carbocycles. The fraction of sp³-hybridized carbons (Fsp3) is 0.182. The Morgan fingerprint density at radius 3 is 2.37 bits per heavy atom. The van der Waals surface area contributed by atoms with E-state index >= 15 is 0 Å². The van der Waals surface area contributed by atoms with E-state index in [0.717, 1.165) is 21.9 Å². The molecule has 1 unspecified atom stereocenters. The topological polar surface area (TPSA) is 47.6 Å². The van der Waals surface area contributed by atoms with Gasteiger partial charge in [-0.05, 0) is 48.9 Å². The van der Waals surface area contributed by atoms with Gasteiger partial charge in [0.25, 0.3) is 0 Å². The zero-order valence-corrected chi connectivity index (χ0v) is 16.0. The van der Waals surface area contributed by atoms with Crippen LogP contribution < -0.4 is 14.8 Å². The van der Waals surface area contributed by atoms with E-state index < -0.39 is 16.2 Å². The van der Waals surface area contributed by atoms with Crippen molar-refractivity contribution in [1.29, 1.82) is 0 Å². The Balaban J connectivity index is 1.68.